The van der Waals surface area contributed by atoms with Gasteiger partial charge in [0.05, 0.1) is 5.69 Å². The van der Waals surface area contributed by atoms with Crippen LogP contribution in [0.2, 0.25) is 0 Å². The molecule has 0 radical (unpaired) electrons. The number of nitrogens with one attached hydrogen (secondary N) is 1. The van der Waals surface area contributed by atoms with Gasteiger partial charge < -0.3 is 5.32 Å². The number of nitrogens with zero attached hydrogens (tertiary/aromatic N) is 1. The van der Waals surface area contributed by atoms with E-state index in [0.29, 0.717) is 5.92 Å². The molecule has 1 aromatic heterocycles. The van der Waals surface area contributed by atoms with Crippen LogP contribution in [0.15, 0.2) is 42.6 Å². The van der Waals surface area contributed by atoms with Gasteiger partial charge in [0.25, 0.3) is 0 Å². The summed E-state index contributed by atoms with van der Waals surface area (Å²) in [6, 6.07) is 11.9. The molecule has 1 aliphatic carbocycles. The van der Waals surface area contributed by atoms with E-state index in [2.05, 4.69) is 24.1 Å². The number of anilines is 1. The molecule has 1 amide bonds. The van der Waals surface area contributed by atoms with Crippen LogP contribution in [0, 0.1) is 18.8 Å². The van der Waals surface area contributed by atoms with Gasteiger partial charge >= 0.3 is 0 Å². The minimum absolute atomic E-state index is 0.152. The van der Waals surface area contributed by atoms with Crippen LogP contribution in [-0.2, 0) is 4.79 Å². The second-order valence-electron chi connectivity index (χ2n) is 6.25. The number of hydrogen-bond donors (Lipinski definition) is 1. The fourth-order valence-corrected chi connectivity index (χ4v) is 3.27. The van der Waals surface area contributed by atoms with Gasteiger partial charge in [-0.3, -0.25) is 9.78 Å². The van der Waals surface area contributed by atoms with Gasteiger partial charge in [0.1, 0.15) is 0 Å². The van der Waals surface area contributed by atoms with E-state index in [4.69, 9.17) is 0 Å². The van der Waals surface area contributed by atoms with Gasteiger partial charge in [-0.25, -0.2) is 0 Å². The zero-order valence-electron chi connectivity index (χ0n) is 13.2. The van der Waals surface area contributed by atoms with Crippen molar-refractivity contribution in [2.24, 2.45) is 11.8 Å². The molecule has 22 heavy (non-hydrogen) atoms. The Balaban J connectivity index is 1.82. The monoisotopic (exact) mass is 294 g/mol. The average Bonchev–Trinajstić information content (AvgIpc) is 2.96. The maximum atomic E-state index is 12.4. The number of carbonyl (C=O) groups is 1. The molecule has 1 aliphatic rings. The van der Waals surface area contributed by atoms with Crippen LogP contribution in [0.5, 0.6) is 0 Å². The second kappa shape index (κ2) is 6.30. The van der Waals surface area contributed by atoms with E-state index in [1.807, 2.05) is 36.4 Å². The van der Waals surface area contributed by atoms with Crippen molar-refractivity contribution in [3.8, 4) is 11.3 Å². The number of pyridine rings is 1. The minimum atomic E-state index is 0.152. The topological polar surface area (TPSA) is 42.0 Å². The zero-order chi connectivity index (χ0) is 15.5. The molecule has 1 saturated carbocycles. The van der Waals surface area contributed by atoms with Crippen molar-refractivity contribution >= 4 is 11.6 Å². The molecule has 1 N–H and O–H groups in total. The molecule has 2 atom stereocenters. The van der Waals surface area contributed by atoms with Gasteiger partial charge in [-0.05, 0) is 55.5 Å². The predicted octanol–water partition coefficient (Wildman–Crippen LogP) is 4.43. The molecule has 1 fully saturated rings. The van der Waals surface area contributed by atoms with Crippen LogP contribution in [0.4, 0.5) is 5.69 Å². The van der Waals surface area contributed by atoms with Crippen LogP contribution in [0.1, 0.15) is 31.7 Å². The van der Waals surface area contributed by atoms with Crippen LogP contribution < -0.4 is 5.32 Å². The summed E-state index contributed by atoms with van der Waals surface area (Å²) in [7, 11) is 0. The van der Waals surface area contributed by atoms with Crippen LogP contribution in [-0.4, -0.2) is 10.9 Å². The Labute approximate surface area is 131 Å². The Kier molecular flexibility index (Phi) is 4.23. The fraction of sp³-hybridized carbons (Fsp3) is 0.368. The van der Waals surface area contributed by atoms with Crippen molar-refractivity contribution in [1.82, 2.24) is 4.98 Å². The quantitative estimate of drug-likeness (QED) is 0.909. The third-order valence-electron chi connectivity index (χ3n) is 4.64. The average molecular weight is 294 g/mol. The molecule has 0 aliphatic heterocycles. The van der Waals surface area contributed by atoms with Crippen molar-refractivity contribution in [1.29, 1.82) is 0 Å². The molecule has 0 unspecified atom stereocenters. The van der Waals surface area contributed by atoms with Gasteiger partial charge in [-0.2, -0.15) is 0 Å². The zero-order valence-corrected chi connectivity index (χ0v) is 13.2. The van der Waals surface area contributed by atoms with Crippen molar-refractivity contribution in [3.63, 3.8) is 0 Å². The van der Waals surface area contributed by atoms with Gasteiger partial charge in [0.15, 0.2) is 0 Å². The van der Waals surface area contributed by atoms with Gasteiger partial charge in [-0.1, -0.05) is 25.5 Å². The Morgan fingerprint density at radius 1 is 1.23 bits per heavy atom. The summed E-state index contributed by atoms with van der Waals surface area (Å²) in [4.78, 5) is 16.8. The van der Waals surface area contributed by atoms with Gasteiger partial charge in [0.2, 0.25) is 5.91 Å². The van der Waals surface area contributed by atoms with Crippen molar-refractivity contribution in [2.45, 2.75) is 33.1 Å². The molecular weight excluding hydrogens is 272 g/mol. The highest BCUT2D eigenvalue weighted by Crippen LogP contribution is 2.32. The molecule has 3 rings (SSSR count). The van der Waals surface area contributed by atoms with E-state index < -0.39 is 0 Å². The van der Waals surface area contributed by atoms with Crippen LogP contribution in [0.25, 0.3) is 11.3 Å². The van der Waals surface area contributed by atoms with E-state index in [1.165, 1.54) is 0 Å². The van der Waals surface area contributed by atoms with Crippen molar-refractivity contribution in [3.05, 3.63) is 48.2 Å². The maximum Gasteiger partial charge on any atom is 0.227 e. The summed E-state index contributed by atoms with van der Waals surface area (Å²) in [6.45, 7) is 4.24. The summed E-state index contributed by atoms with van der Waals surface area (Å²) in [6.07, 6.45) is 5.11. The second-order valence-corrected chi connectivity index (χ2v) is 6.25. The van der Waals surface area contributed by atoms with E-state index in [1.54, 1.807) is 6.20 Å². The largest absolute Gasteiger partial charge is 0.326 e. The lowest BCUT2D eigenvalue weighted by atomic mass is 9.97. The summed E-state index contributed by atoms with van der Waals surface area (Å²) >= 11 is 0. The summed E-state index contributed by atoms with van der Waals surface area (Å²) in [5.41, 5.74) is 4.02. The first kappa shape index (κ1) is 14.8. The Bertz CT molecular complexity index is 666. The number of rotatable bonds is 3. The maximum absolute atomic E-state index is 12.4. The lowest BCUT2D eigenvalue weighted by Crippen LogP contribution is -2.24. The van der Waals surface area contributed by atoms with Crippen molar-refractivity contribution < 1.29 is 4.79 Å². The minimum Gasteiger partial charge on any atom is -0.326 e. The number of aryl methyl sites for hydroxylation is 1. The van der Waals surface area contributed by atoms with Crippen LogP contribution in [0.3, 0.4) is 0 Å². The first-order valence-electron chi connectivity index (χ1n) is 7.98. The van der Waals surface area contributed by atoms with Crippen LogP contribution >= 0.6 is 0 Å². The third kappa shape index (κ3) is 3.03. The normalized spacial score (nSPS) is 20.8. The van der Waals surface area contributed by atoms with E-state index in [0.717, 1.165) is 41.8 Å². The number of aromatic nitrogens is 1. The van der Waals surface area contributed by atoms with Gasteiger partial charge in [0, 0.05) is 23.4 Å². The van der Waals surface area contributed by atoms with Gasteiger partial charge in [-0.15, -0.1) is 0 Å². The molecule has 0 spiro atoms. The predicted molar refractivity (Wildman–Crippen MR) is 89.5 cm³/mol. The molecule has 0 saturated heterocycles. The number of benzene rings is 1. The Morgan fingerprint density at radius 2 is 2.09 bits per heavy atom. The van der Waals surface area contributed by atoms with Crippen molar-refractivity contribution in [2.75, 3.05) is 5.32 Å². The molecule has 1 aromatic carbocycles. The SMILES string of the molecule is Cc1ccc(NC(=O)[C@H]2CCC[C@H]2C)cc1-c1ccccn1. The fourth-order valence-electron chi connectivity index (χ4n) is 3.27. The Morgan fingerprint density at radius 3 is 2.77 bits per heavy atom. The molecule has 2 aromatic rings. The summed E-state index contributed by atoms with van der Waals surface area (Å²) in [5.74, 6) is 0.793. The summed E-state index contributed by atoms with van der Waals surface area (Å²) < 4.78 is 0. The van der Waals surface area contributed by atoms with E-state index in [9.17, 15) is 4.79 Å². The molecule has 3 heteroatoms. The highest BCUT2D eigenvalue weighted by molar-refractivity contribution is 5.93. The molecule has 3 nitrogen and oxygen atoms in total. The molecule has 114 valence electrons. The highest BCUT2D eigenvalue weighted by Gasteiger charge is 2.29. The van der Waals surface area contributed by atoms with E-state index in [-0.39, 0.29) is 11.8 Å². The smallest absolute Gasteiger partial charge is 0.227 e. The Hall–Kier alpha value is -2.16. The number of hydrogen-bond acceptors (Lipinski definition) is 2. The summed E-state index contributed by atoms with van der Waals surface area (Å²) in [5, 5.41) is 3.08. The first-order valence-corrected chi connectivity index (χ1v) is 7.98. The standard InChI is InChI=1S/C19H22N2O/c1-13-6-5-7-16(13)19(22)21-15-10-9-14(2)17(12-15)18-8-3-4-11-20-18/h3-4,8-13,16H,5-7H2,1-2H3,(H,21,22)/t13-,16+/m1/s1. The third-order valence-corrected chi connectivity index (χ3v) is 4.64. The lowest BCUT2D eigenvalue weighted by Gasteiger charge is -2.16. The highest BCUT2D eigenvalue weighted by atomic mass is 16.1. The molecule has 0 bridgehead atoms. The number of amides is 1. The molecule has 1 heterocycles. The molecular formula is C19H22N2O. The lowest BCUT2D eigenvalue weighted by molar-refractivity contribution is -0.120. The first-order chi connectivity index (χ1) is 10.6. The number of carbonyl (C=O) groups excluding carboxylic acids is 1. The van der Waals surface area contributed by atoms with E-state index >= 15 is 0 Å².